The summed E-state index contributed by atoms with van der Waals surface area (Å²) in [5.74, 6) is 0.186. The van der Waals surface area contributed by atoms with Gasteiger partial charge >= 0.3 is 6.36 Å². The number of aromatic nitrogens is 1. The minimum Gasteiger partial charge on any atom is -0.404 e. The van der Waals surface area contributed by atoms with Crippen molar-refractivity contribution >= 4 is 11.7 Å². The summed E-state index contributed by atoms with van der Waals surface area (Å²) in [4.78, 5) is 18.4. The van der Waals surface area contributed by atoms with Gasteiger partial charge in [-0.15, -0.1) is 13.2 Å². The van der Waals surface area contributed by atoms with Crippen molar-refractivity contribution < 1.29 is 22.7 Å². The maximum Gasteiger partial charge on any atom is 0.573 e. The second-order valence-electron chi connectivity index (χ2n) is 6.86. The maximum absolute atomic E-state index is 12.4. The van der Waals surface area contributed by atoms with E-state index in [2.05, 4.69) is 15.0 Å². The van der Waals surface area contributed by atoms with Crippen LogP contribution in [0, 0.1) is 12.8 Å². The van der Waals surface area contributed by atoms with Crippen molar-refractivity contribution in [2.24, 2.45) is 5.92 Å². The molecular formula is C20H22F3N3O2. The number of carbonyl (C=O) groups excluding carboxylic acids is 1. The van der Waals surface area contributed by atoms with Gasteiger partial charge in [0.05, 0.1) is 6.20 Å². The average Bonchev–Trinajstić information content (AvgIpc) is 2.67. The van der Waals surface area contributed by atoms with Crippen LogP contribution in [0.4, 0.5) is 19.0 Å². The van der Waals surface area contributed by atoms with Gasteiger partial charge in [-0.05, 0) is 37.5 Å². The molecule has 1 amide bonds. The Labute approximate surface area is 161 Å². The highest BCUT2D eigenvalue weighted by Crippen LogP contribution is 2.26. The number of halogens is 3. The predicted octanol–water partition coefficient (Wildman–Crippen LogP) is 3.82. The van der Waals surface area contributed by atoms with Crippen LogP contribution in [-0.2, 0) is 11.3 Å². The lowest BCUT2D eigenvalue weighted by molar-refractivity contribution is -0.274. The van der Waals surface area contributed by atoms with E-state index in [1.54, 1.807) is 0 Å². The molecule has 1 aliphatic rings. The van der Waals surface area contributed by atoms with E-state index in [-0.39, 0.29) is 17.6 Å². The van der Waals surface area contributed by atoms with Gasteiger partial charge < -0.3 is 15.0 Å². The Morgan fingerprint density at radius 3 is 2.43 bits per heavy atom. The number of aryl methyl sites for hydroxylation is 1. The van der Waals surface area contributed by atoms with Gasteiger partial charge in [0, 0.05) is 25.6 Å². The second-order valence-corrected chi connectivity index (χ2v) is 6.86. The summed E-state index contributed by atoms with van der Waals surface area (Å²) in [5.41, 5.74) is 2.23. The highest BCUT2D eigenvalue weighted by atomic mass is 19.4. The predicted molar refractivity (Wildman–Crippen MR) is 98.9 cm³/mol. The molecule has 1 aromatic carbocycles. The van der Waals surface area contributed by atoms with Crippen LogP contribution in [0.3, 0.4) is 0 Å². The topological polar surface area (TPSA) is 54.5 Å². The first kappa shape index (κ1) is 20.0. The van der Waals surface area contributed by atoms with Crippen LogP contribution in [0.2, 0.25) is 0 Å². The average molecular weight is 393 g/mol. The Balaban J connectivity index is 1.47. The fourth-order valence-corrected chi connectivity index (χ4v) is 3.16. The molecule has 5 nitrogen and oxygen atoms in total. The van der Waals surface area contributed by atoms with Crippen molar-refractivity contribution in [3.8, 4) is 5.75 Å². The van der Waals surface area contributed by atoms with E-state index in [4.69, 9.17) is 0 Å². The number of piperidine rings is 1. The van der Waals surface area contributed by atoms with Gasteiger partial charge in [0.2, 0.25) is 5.91 Å². The monoisotopic (exact) mass is 393 g/mol. The summed E-state index contributed by atoms with van der Waals surface area (Å²) < 4.78 is 40.4. The number of pyridine rings is 1. The first-order valence-electron chi connectivity index (χ1n) is 9.10. The standard InChI is InChI=1S/C20H22F3N3O2/c1-14-2-4-15(5-3-14)12-25-19(27)16-8-10-26(11-9-16)18-7-6-17(13-24-18)28-20(21,22)23/h2-7,13,16H,8-12H2,1H3,(H,25,27). The Hall–Kier alpha value is -2.77. The summed E-state index contributed by atoms with van der Waals surface area (Å²) in [6.45, 7) is 3.76. The van der Waals surface area contributed by atoms with Gasteiger partial charge in [0.25, 0.3) is 0 Å². The molecule has 0 unspecified atom stereocenters. The van der Waals surface area contributed by atoms with Crippen molar-refractivity contribution in [3.05, 3.63) is 53.7 Å². The van der Waals surface area contributed by atoms with Crippen LogP contribution in [-0.4, -0.2) is 30.3 Å². The molecule has 150 valence electrons. The molecule has 0 atom stereocenters. The van der Waals surface area contributed by atoms with Gasteiger partial charge in [-0.2, -0.15) is 0 Å². The zero-order valence-corrected chi connectivity index (χ0v) is 15.5. The van der Waals surface area contributed by atoms with Crippen molar-refractivity contribution in [2.45, 2.75) is 32.7 Å². The van der Waals surface area contributed by atoms with E-state index in [9.17, 15) is 18.0 Å². The van der Waals surface area contributed by atoms with Crippen molar-refractivity contribution in [2.75, 3.05) is 18.0 Å². The van der Waals surface area contributed by atoms with Gasteiger partial charge in [0.15, 0.2) is 0 Å². The number of anilines is 1. The third-order valence-electron chi connectivity index (χ3n) is 4.73. The lowest BCUT2D eigenvalue weighted by Crippen LogP contribution is -2.40. The van der Waals surface area contributed by atoms with Crippen LogP contribution >= 0.6 is 0 Å². The van der Waals surface area contributed by atoms with Gasteiger partial charge in [-0.1, -0.05) is 29.8 Å². The SMILES string of the molecule is Cc1ccc(CNC(=O)C2CCN(c3ccc(OC(F)(F)F)cn3)CC2)cc1. The summed E-state index contributed by atoms with van der Waals surface area (Å²) in [5, 5.41) is 2.98. The number of alkyl halides is 3. The third-order valence-corrected chi connectivity index (χ3v) is 4.73. The van der Waals surface area contributed by atoms with E-state index in [0.717, 1.165) is 11.8 Å². The summed E-state index contributed by atoms with van der Waals surface area (Å²) in [6.07, 6.45) is -2.33. The first-order chi connectivity index (χ1) is 13.3. The molecule has 0 aliphatic carbocycles. The number of benzene rings is 1. The molecule has 0 radical (unpaired) electrons. The summed E-state index contributed by atoms with van der Waals surface area (Å²) in [6, 6.07) is 10.8. The van der Waals surface area contributed by atoms with Gasteiger partial charge in [-0.25, -0.2) is 4.98 Å². The molecule has 8 heteroatoms. The largest absolute Gasteiger partial charge is 0.573 e. The molecule has 1 aromatic heterocycles. The zero-order chi connectivity index (χ0) is 20.1. The number of rotatable bonds is 5. The van der Waals surface area contributed by atoms with Crippen molar-refractivity contribution in [1.29, 1.82) is 0 Å². The molecule has 1 saturated heterocycles. The highest BCUT2D eigenvalue weighted by Gasteiger charge is 2.31. The van der Waals surface area contributed by atoms with Gasteiger partial charge in [-0.3, -0.25) is 4.79 Å². The third kappa shape index (κ3) is 5.61. The Kier molecular flexibility index (Phi) is 6.06. The Morgan fingerprint density at radius 1 is 1.18 bits per heavy atom. The van der Waals surface area contributed by atoms with Crippen LogP contribution in [0.25, 0.3) is 0 Å². The lowest BCUT2D eigenvalue weighted by atomic mass is 9.96. The molecule has 3 rings (SSSR count). The van der Waals surface area contributed by atoms with E-state index in [1.807, 2.05) is 36.1 Å². The highest BCUT2D eigenvalue weighted by molar-refractivity contribution is 5.79. The molecular weight excluding hydrogens is 371 g/mol. The molecule has 28 heavy (non-hydrogen) atoms. The molecule has 1 fully saturated rings. The molecule has 2 heterocycles. The number of nitrogens with one attached hydrogen (secondary N) is 1. The maximum atomic E-state index is 12.4. The van der Waals surface area contributed by atoms with Crippen LogP contribution < -0.4 is 15.0 Å². The first-order valence-corrected chi connectivity index (χ1v) is 9.10. The van der Waals surface area contributed by atoms with Crippen molar-refractivity contribution in [3.63, 3.8) is 0 Å². The van der Waals surface area contributed by atoms with Crippen LogP contribution in [0.15, 0.2) is 42.6 Å². The Morgan fingerprint density at radius 2 is 1.86 bits per heavy atom. The normalized spacial score (nSPS) is 15.4. The minimum atomic E-state index is -4.73. The number of nitrogens with zero attached hydrogens (tertiary/aromatic N) is 2. The molecule has 0 saturated carbocycles. The quantitative estimate of drug-likeness (QED) is 0.839. The lowest BCUT2D eigenvalue weighted by Gasteiger charge is -2.32. The molecule has 1 N–H and O–H groups in total. The smallest absolute Gasteiger partial charge is 0.404 e. The van der Waals surface area contributed by atoms with Gasteiger partial charge in [0.1, 0.15) is 11.6 Å². The second kappa shape index (κ2) is 8.50. The fourth-order valence-electron chi connectivity index (χ4n) is 3.16. The number of hydrogen-bond donors (Lipinski definition) is 1. The van der Waals surface area contributed by atoms with E-state index < -0.39 is 6.36 Å². The number of ether oxygens (including phenoxy) is 1. The number of amides is 1. The summed E-state index contributed by atoms with van der Waals surface area (Å²) in [7, 11) is 0. The zero-order valence-electron chi connectivity index (χ0n) is 15.5. The molecule has 2 aromatic rings. The molecule has 1 aliphatic heterocycles. The number of hydrogen-bond acceptors (Lipinski definition) is 4. The van der Waals surface area contributed by atoms with Crippen molar-refractivity contribution in [1.82, 2.24) is 10.3 Å². The summed E-state index contributed by atoms with van der Waals surface area (Å²) >= 11 is 0. The van der Waals surface area contributed by atoms with Crippen LogP contribution in [0.5, 0.6) is 5.75 Å². The Bertz CT molecular complexity index is 784. The minimum absolute atomic E-state index is 0.0297. The fraction of sp³-hybridized carbons (Fsp3) is 0.400. The molecule has 0 spiro atoms. The number of carbonyl (C=O) groups is 1. The van der Waals surface area contributed by atoms with E-state index in [1.165, 1.54) is 17.7 Å². The van der Waals surface area contributed by atoms with Crippen LogP contribution in [0.1, 0.15) is 24.0 Å². The van der Waals surface area contributed by atoms with E-state index in [0.29, 0.717) is 38.3 Å². The van der Waals surface area contributed by atoms with E-state index >= 15 is 0 Å². The molecule has 0 bridgehead atoms.